The van der Waals surface area contributed by atoms with Gasteiger partial charge in [-0.15, -0.1) is 0 Å². The minimum absolute atomic E-state index is 0. The van der Waals surface area contributed by atoms with Gasteiger partial charge in [0.1, 0.15) is 0 Å². The molecule has 0 unspecified atom stereocenters. The monoisotopic (exact) mass is 210 g/mol. The Bertz CT molecular complexity index is 163. The fourth-order valence-corrected chi connectivity index (χ4v) is 1.09. The van der Waals surface area contributed by atoms with Crippen LogP contribution in [0.15, 0.2) is 12.2 Å². The summed E-state index contributed by atoms with van der Waals surface area (Å²) >= 11 is 0. The van der Waals surface area contributed by atoms with Crippen LogP contribution in [-0.2, 0) is 4.79 Å². The Kier molecular flexibility index (Phi) is 15.6. The molecule has 0 aromatic heterocycles. The van der Waals surface area contributed by atoms with Gasteiger partial charge in [0.2, 0.25) is 0 Å². The number of hydrogen-bond donors (Lipinski definition) is 2. The van der Waals surface area contributed by atoms with E-state index in [1.807, 2.05) is 0 Å². The number of rotatable bonds is 8. The van der Waals surface area contributed by atoms with E-state index < -0.39 is 5.97 Å². The fraction of sp³-hybridized carbons (Fsp3) is 0.700. The van der Waals surface area contributed by atoms with Crippen molar-refractivity contribution in [2.45, 2.75) is 38.5 Å². The van der Waals surface area contributed by atoms with E-state index in [1.165, 1.54) is 6.08 Å². The maximum atomic E-state index is 10.1. The number of carboxylic acid groups (broad SMARTS) is 1. The zero-order valence-corrected chi connectivity index (χ0v) is 10.9. The van der Waals surface area contributed by atoms with Crippen LogP contribution in [0.25, 0.3) is 0 Å². The maximum absolute atomic E-state index is 10.1. The van der Waals surface area contributed by atoms with Crippen LogP contribution in [0.4, 0.5) is 0 Å². The molecule has 0 fully saturated rings. The van der Waals surface area contributed by atoms with Crippen LogP contribution in [0, 0.1) is 0 Å². The first-order chi connectivity index (χ1) is 6.27. The Morgan fingerprint density at radius 2 is 1.71 bits per heavy atom. The van der Waals surface area contributed by atoms with Gasteiger partial charge in [-0.1, -0.05) is 25.3 Å². The standard InChI is InChI=1S/C10H18O3.Na.H/c11-9-7-5-3-1-2-4-6-8-10(12)13;;/h6,8,11H,1-5,7,9H2,(H,12,13);;/q;+1;-1/b8-6+;;. The average molecular weight is 210 g/mol. The van der Waals surface area contributed by atoms with Gasteiger partial charge in [-0.25, -0.2) is 4.79 Å². The third kappa shape index (κ3) is 14.7. The van der Waals surface area contributed by atoms with E-state index in [0.717, 1.165) is 38.5 Å². The van der Waals surface area contributed by atoms with Crippen LogP contribution in [0.1, 0.15) is 40.0 Å². The second kappa shape index (κ2) is 13.2. The number of carboxylic acids is 1. The number of aliphatic hydroxyl groups excluding tert-OH is 1. The summed E-state index contributed by atoms with van der Waals surface area (Å²) in [5, 5.41) is 16.8. The van der Waals surface area contributed by atoms with Crippen LogP contribution in [0.3, 0.4) is 0 Å². The molecule has 0 rings (SSSR count). The zero-order valence-electron chi connectivity index (χ0n) is 9.91. The van der Waals surface area contributed by atoms with E-state index in [2.05, 4.69) is 0 Å². The fourth-order valence-electron chi connectivity index (χ4n) is 1.09. The summed E-state index contributed by atoms with van der Waals surface area (Å²) in [6.45, 7) is 0.277. The van der Waals surface area contributed by atoms with Gasteiger partial charge in [0.15, 0.2) is 0 Å². The summed E-state index contributed by atoms with van der Waals surface area (Å²) in [6.07, 6.45) is 8.94. The van der Waals surface area contributed by atoms with Gasteiger partial charge in [0.25, 0.3) is 0 Å². The van der Waals surface area contributed by atoms with E-state index in [4.69, 9.17) is 10.2 Å². The van der Waals surface area contributed by atoms with Gasteiger partial charge in [0.05, 0.1) is 0 Å². The van der Waals surface area contributed by atoms with Crippen molar-refractivity contribution in [2.75, 3.05) is 6.61 Å². The summed E-state index contributed by atoms with van der Waals surface area (Å²) in [5.41, 5.74) is 0. The average Bonchev–Trinajstić information content (AvgIpc) is 2.09. The molecule has 0 aliphatic carbocycles. The van der Waals surface area contributed by atoms with Crippen molar-refractivity contribution in [1.29, 1.82) is 0 Å². The molecule has 0 aromatic rings. The van der Waals surface area contributed by atoms with Crippen molar-refractivity contribution in [2.24, 2.45) is 0 Å². The molecule has 78 valence electrons. The Morgan fingerprint density at radius 3 is 2.29 bits per heavy atom. The molecule has 0 aliphatic rings. The van der Waals surface area contributed by atoms with Crippen molar-refractivity contribution >= 4 is 5.97 Å². The second-order valence-corrected chi connectivity index (χ2v) is 3.02. The Balaban J connectivity index is -0.000000720. The van der Waals surface area contributed by atoms with Gasteiger partial charge in [0, 0.05) is 12.7 Å². The first kappa shape index (κ1) is 16.6. The molecule has 0 radical (unpaired) electrons. The van der Waals surface area contributed by atoms with Crippen LogP contribution in [0.2, 0.25) is 0 Å². The van der Waals surface area contributed by atoms with E-state index in [1.54, 1.807) is 6.08 Å². The number of unbranched alkanes of at least 4 members (excludes halogenated alkanes) is 5. The first-order valence-corrected chi connectivity index (χ1v) is 4.77. The SMILES string of the molecule is O=C(O)/C=C/CCCCCCCO.[H-].[Na+]. The van der Waals surface area contributed by atoms with Crippen molar-refractivity contribution in [3.8, 4) is 0 Å². The smallest absolute Gasteiger partial charge is 1.00 e. The van der Waals surface area contributed by atoms with E-state index >= 15 is 0 Å². The molecular formula is C10H19NaO3. The molecule has 0 aliphatic heterocycles. The number of aliphatic carboxylic acids is 1. The van der Waals surface area contributed by atoms with Crippen LogP contribution in [-0.4, -0.2) is 22.8 Å². The minimum atomic E-state index is -0.875. The molecule has 0 bridgehead atoms. The van der Waals surface area contributed by atoms with Gasteiger partial charge in [-0.05, 0) is 19.3 Å². The van der Waals surface area contributed by atoms with Crippen molar-refractivity contribution in [3.05, 3.63) is 12.2 Å². The summed E-state index contributed by atoms with van der Waals surface area (Å²) in [5.74, 6) is -0.875. The summed E-state index contributed by atoms with van der Waals surface area (Å²) in [7, 11) is 0. The molecule has 0 aromatic carbocycles. The predicted octanol–water partition coefficient (Wildman–Crippen LogP) is -0.923. The molecule has 0 saturated heterocycles. The first-order valence-electron chi connectivity index (χ1n) is 4.77. The molecule has 4 heteroatoms. The minimum Gasteiger partial charge on any atom is -1.00 e. The topological polar surface area (TPSA) is 57.5 Å². The molecule has 0 atom stereocenters. The van der Waals surface area contributed by atoms with Gasteiger partial charge < -0.3 is 11.6 Å². The Morgan fingerprint density at radius 1 is 1.14 bits per heavy atom. The number of hydrogen-bond acceptors (Lipinski definition) is 2. The molecule has 14 heavy (non-hydrogen) atoms. The number of aliphatic hydroxyl groups is 1. The van der Waals surface area contributed by atoms with Crippen LogP contribution < -0.4 is 29.6 Å². The van der Waals surface area contributed by atoms with Crippen molar-refractivity contribution in [1.82, 2.24) is 0 Å². The molecule has 2 N–H and O–H groups in total. The largest absolute Gasteiger partial charge is 1.00 e. The third-order valence-corrected chi connectivity index (χ3v) is 1.79. The maximum Gasteiger partial charge on any atom is 1.00 e. The zero-order chi connectivity index (χ0) is 9.94. The van der Waals surface area contributed by atoms with Crippen LogP contribution in [0.5, 0.6) is 0 Å². The Hall–Kier alpha value is 0.170. The van der Waals surface area contributed by atoms with E-state index in [0.29, 0.717) is 0 Å². The molecule has 0 heterocycles. The number of allylic oxidation sites excluding steroid dienone is 1. The van der Waals surface area contributed by atoms with Gasteiger partial charge in [-0.3, -0.25) is 0 Å². The van der Waals surface area contributed by atoms with Gasteiger partial charge >= 0.3 is 35.5 Å². The normalized spacial score (nSPS) is 10.1. The Labute approximate surface area is 109 Å². The molecule has 0 spiro atoms. The number of carbonyl (C=O) groups is 1. The molecular weight excluding hydrogens is 191 g/mol. The molecule has 3 nitrogen and oxygen atoms in total. The predicted molar refractivity (Wildman–Crippen MR) is 52.7 cm³/mol. The third-order valence-electron chi connectivity index (χ3n) is 1.79. The second-order valence-electron chi connectivity index (χ2n) is 3.02. The quantitative estimate of drug-likeness (QED) is 0.309. The van der Waals surface area contributed by atoms with Crippen molar-refractivity contribution in [3.63, 3.8) is 0 Å². The molecule has 0 saturated carbocycles. The summed E-state index contributed by atoms with van der Waals surface area (Å²) in [6, 6.07) is 0. The van der Waals surface area contributed by atoms with Gasteiger partial charge in [-0.2, -0.15) is 0 Å². The van der Waals surface area contributed by atoms with E-state index in [9.17, 15) is 4.79 Å². The summed E-state index contributed by atoms with van der Waals surface area (Å²) in [4.78, 5) is 10.1. The van der Waals surface area contributed by atoms with E-state index in [-0.39, 0.29) is 37.6 Å². The van der Waals surface area contributed by atoms with Crippen molar-refractivity contribution < 1.29 is 46.0 Å². The summed E-state index contributed by atoms with van der Waals surface area (Å²) < 4.78 is 0. The molecule has 0 amide bonds. The van der Waals surface area contributed by atoms with Crippen LogP contribution >= 0.6 is 0 Å².